The summed E-state index contributed by atoms with van der Waals surface area (Å²) in [5.41, 5.74) is 0.547. The second-order valence-electron chi connectivity index (χ2n) is 6.11. The van der Waals surface area contributed by atoms with E-state index in [0.29, 0.717) is 49.1 Å². The van der Waals surface area contributed by atoms with Gasteiger partial charge in [0, 0.05) is 45.2 Å². The van der Waals surface area contributed by atoms with Gasteiger partial charge in [-0.05, 0) is 6.92 Å². The molecule has 0 spiro atoms. The van der Waals surface area contributed by atoms with E-state index in [1.54, 1.807) is 24.0 Å². The average molecular weight is 349 g/mol. The fourth-order valence-electron chi connectivity index (χ4n) is 3.02. The first-order valence-corrected chi connectivity index (χ1v) is 8.27. The molecule has 0 saturated carbocycles. The maximum Gasteiger partial charge on any atom is 0.241 e. The number of hydrogen-bond donors (Lipinski definition) is 1. The molecule has 0 aromatic heterocycles. The number of rotatable bonds is 4. The lowest BCUT2D eigenvalue weighted by Crippen LogP contribution is -2.53. The molecule has 1 aromatic rings. The van der Waals surface area contributed by atoms with Crippen LogP contribution < -0.4 is 19.5 Å². The summed E-state index contributed by atoms with van der Waals surface area (Å²) in [5.74, 6) is 1.64. The molecular formula is C17H23N3O5. The predicted octanol–water partition coefficient (Wildman–Crippen LogP) is 0.915. The molecule has 3 rings (SSSR count). The van der Waals surface area contributed by atoms with E-state index in [1.165, 1.54) is 7.11 Å². The van der Waals surface area contributed by atoms with Gasteiger partial charge in [0.05, 0.1) is 18.8 Å². The molecular weight excluding hydrogens is 326 g/mol. The van der Waals surface area contributed by atoms with Crippen molar-refractivity contribution in [2.24, 2.45) is 0 Å². The molecule has 1 fully saturated rings. The minimum Gasteiger partial charge on any atom is -0.494 e. The standard InChI is InChI=1S/C17H23N3O5/c1-11(19-4-6-20(7-5-19)12(2)21)17(22)18-13-8-15-16(25-10-24-15)9-14(13)23-3/h8-9,11H,4-7,10H2,1-3H3,(H,18,22). The number of fused-ring (bicyclic) bond motifs is 1. The van der Waals surface area contributed by atoms with E-state index in [4.69, 9.17) is 14.2 Å². The van der Waals surface area contributed by atoms with E-state index in [9.17, 15) is 9.59 Å². The Morgan fingerprint density at radius 2 is 1.80 bits per heavy atom. The van der Waals surface area contributed by atoms with Crippen LogP contribution in [0.15, 0.2) is 12.1 Å². The zero-order valence-electron chi connectivity index (χ0n) is 14.7. The molecule has 2 amide bonds. The number of ether oxygens (including phenoxy) is 3. The second-order valence-corrected chi connectivity index (χ2v) is 6.11. The molecule has 1 atom stereocenters. The van der Waals surface area contributed by atoms with Crippen molar-refractivity contribution >= 4 is 17.5 Å². The third kappa shape index (κ3) is 3.63. The average Bonchev–Trinajstić information content (AvgIpc) is 3.07. The van der Waals surface area contributed by atoms with Crippen molar-refractivity contribution in [1.29, 1.82) is 0 Å². The molecule has 0 bridgehead atoms. The van der Waals surface area contributed by atoms with Crippen LogP contribution in [-0.4, -0.2) is 67.7 Å². The Labute approximate surface area is 146 Å². The molecule has 8 nitrogen and oxygen atoms in total. The number of anilines is 1. The normalized spacial score (nSPS) is 18.0. The molecule has 2 aliphatic heterocycles. The fourth-order valence-corrected chi connectivity index (χ4v) is 3.02. The van der Waals surface area contributed by atoms with Gasteiger partial charge in [-0.25, -0.2) is 0 Å². The first-order chi connectivity index (χ1) is 12.0. The quantitative estimate of drug-likeness (QED) is 0.871. The van der Waals surface area contributed by atoms with Crippen molar-refractivity contribution < 1.29 is 23.8 Å². The van der Waals surface area contributed by atoms with Gasteiger partial charge in [0.25, 0.3) is 0 Å². The van der Waals surface area contributed by atoms with Crippen LogP contribution >= 0.6 is 0 Å². The Morgan fingerprint density at radius 3 is 2.40 bits per heavy atom. The monoisotopic (exact) mass is 349 g/mol. The lowest BCUT2D eigenvalue weighted by Gasteiger charge is -2.37. The van der Waals surface area contributed by atoms with E-state index >= 15 is 0 Å². The summed E-state index contributed by atoms with van der Waals surface area (Å²) in [6.45, 7) is 6.21. The molecule has 2 heterocycles. The SMILES string of the molecule is COc1cc2c(cc1NC(=O)C(C)N1CCN(C(C)=O)CC1)OCO2. The number of nitrogens with zero attached hydrogens (tertiary/aromatic N) is 2. The van der Waals surface area contributed by atoms with Crippen LogP contribution in [0, 0.1) is 0 Å². The molecule has 1 saturated heterocycles. The Bertz CT molecular complexity index is 670. The van der Waals surface area contributed by atoms with Gasteiger partial charge in [-0.1, -0.05) is 0 Å². The van der Waals surface area contributed by atoms with Crippen molar-refractivity contribution in [3.8, 4) is 17.2 Å². The van der Waals surface area contributed by atoms with Gasteiger partial charge < -0.3 is 24.4 Å². The van der Waals surface area contributed by atoms with Gasteiger partial charge >= 0.3 is 0 Å². The summed E-state index contributed by atoms with van der Waals surface area (Å²) in [6.07, 6.45) is 0. The summed E-state index contributed by atoms with van der Waals surface area (Å²) in [5, 5.41) is 2.90. The number of benzene rings is 1. The predicted molar refractivity (Wildman–Crippen MR) is 91.0 cm³/mol. The number of hydrogen-bond acceptors (Lipinski definition) is 6. The van der Waals surface area contributed by atoms with Gasteiger partial charge in [-0.2, -0.15) is 0 Å². The minimum atomic E-state index is -0.316. The Hall–Kier alpha value is -2.48. The minimum absolute atomic E-state index is 0.0712. The number of nitrogens with one attached hydrogen (secondary N) is 1. The highest BCUT2D eigenvalue weighted by Crippen LogP contribution is 2.40. The van der Waals surface area contributed by atoms with E-state index < -0.39 is 0 Å². The highest BCUT2D eigenvalue weighted by Gasteiger charge is 2.27. The Kier molecular flexibility index (Phi) is 4.98. The van der Waals surface area contributed by atoms with Crippen LogP contribution in [0.1, 0.15) is 13.8 Å². The number of carbonyl (C=O) groups excluding carboxylic acids is 2. The van der Waals surface area contributed by atoms with Gasteiger partial charge in [0.15, 0.2) is 11.5 Å². The second kappa shape index (κ2) is 7.18. The summed E-state index contributed by atoms with van der Waals surface area (Å²) in [7, 11) is 1.54. The maximum atomic E-state index is 12.6. The molecule has 1 unspecified atom stereocenters. The van der Waals surface area contributed by atoms with Gasteiger partial charge in [-0.15, -0.1) is 0 Å². The number of piperazine rings is 1. The highest BCUT2D eigenvalue weighted by atomic mass is 16.7. The van der Waals surface area contributed by atoms with E-state index in [-0.39, 0.29) is 24.6 Å². The Balaban J connectivity index is 1.65. The molecule has 1 aromatic carbocycles. The van der Waals surface area contributed by atoms with Crippen LogP contribution in [0.25, 0.3) is 0 Å². The third-order valence-corrected chi connectivity index (χ3v) is 4.64. The van der Waals surface area contributed by atoms with Crippen molar-refractivity contribution in [2.45, 2.75) is 19.9 Å². The summed E-state index contributed by atoms with van der Waals surface area (Å²) < 4.78 is 16.0. The molecule has 136 valence electrons. The van der Waals surface area contributed by atoms with Crippen LogP contribution in [0.4, 0.5) is 5.69 Å². The molecule has 8 heteroatoms. The number of carbonyl (C=O) groups is 2. The Morgan fingerprint density at radius 1 is 1.16 bits per heavy atom. The first kappa shape index (κ1) is 17.3. The van der Waals surface area contributed by atoms with Crippen LogP contribution in [0.2, 0.25) is 0 Å². The topological polar surface area (TPSA) is 80.3 Å². The van der Waals surface area contributed by atoms with Crippen LogP contribution in [0.5, 0.6) is 17.2 Å². The first-order valence-electron chi connectivity index (χ1n) is 8.27. The zero-order chi connectivity index (χ0) is 18.0. The molecule has 1 N–H and O–H groups in total. The van der Waals surface area contributed by atoms with Crippen molar-refractivity contribution in [3.63, 3.8) is 0 Å². The fraction of sp³-hybridized carbons (Fsp3) is 0.529. The van der Waals surface area contributed by atoms with Crippen molar-refractivity contribution in [3.05, 3.63) is 12.1 Å². The van der Waals surface area contributed by atoms with E-state index in [1.807, 2.05) is 6.92 Å². The number of methoxy groups -OCH3 is 1. The van der Waals surface area contributed by atoms with Crippen LogP contribution in [0.3, 0.4) is 0 Å². The third-order valence-electron chi connectivity index (χ3n) is 4.64. The lowest BCUT2D eigenvalue weighted by molar-refractivity contribution is -0.131. The van der Waals surface area contributed by atoms with E-state index in [0.717, 1.165) is 0 Å². The van der Waals surface area contributed by atoms with Crippen molar-refractivity contribution in [1.82, 2.24) is 9.80 Å². The highest BCUT2D eigenvalue weighted by molar-refractivity contribution is 5.96. The molecule has 25 heavy (non-hydrogen) atoms. The zero-order valence-corrected chi connectivity index (χ0v) is 14.7. The maximum absolute atomic E-state index is 12.6. The lowest BCUT2D eigenvalue weighted by atomic mass is 10.2. The largest absolute Gasteiger partial charge is 0.494 e. The van der Waals surface area contributed by atoms with Gasteiger partial charge in [0.2, 0.25) is 18.6 Å². The van der Waals surface area contributed by atoms with Gasteiger partial charge in [-0.3, -0.25) is 14.5 Å². The van der Waals surface area contributed by atoms with E-state index in [2.05, 4.69) is 10.2 Å². The van der Waals surface area contributed by atoms with Crippen LogP contribution in [-0.2, 0) is 9.59 Å². The van der Waals surface area contributed by atoms with Gasteiger partial charge in [0.1, 0.15) is 5.75 Å². The molecule has 2 aliphatic rings. The summed E-state index contributed by atoms with van der Waals surface area (Å²) in [6, 6.07) is 3.09. The summed E-state index contributed by atoms with van der Waals surface area (Å²) >= 11 is 0. The van der Waals surface area contributed by atoms with Crippen molar-refractivity contribution in [2.75, 3.05) is 45.4 Å². The summed E-state index contributed by atoms with van der Waals surface area (Å²) in [4.78, 5) is 27.9. The molecule has 0 aliphatic carbocycles. The number of amides is 2. The molecule has 0 radical (unpaired) electrons. The smallest absolute Gasteiger partial charge is 0.241 e.